The average Bonchev–Trinajstić information content (AvgIpc) is 2.48. The van der Waals surface area contributed by atoms with Crippen LogP contribution in [0.25, 0.3) is 0 Å². The Kier molecular flexibility index (Phi) is 9.07. The first-order valence-corrected chi connectivity index (χ1v) is 8.89. The molecule has 1 amide bonds. The molecular weight excluding hydrogens is 297 g/mol. The van der Waals surface area contributed by atoms with Crippen molar-refractivity contribution in [2.45, 2.75) is 6.92 Å². The van der Waals surface area contributed by atoms with Crippen LogP contribution in [0.15, 0.2) is 0 Å². The van der Waals surface area contributed by atoms with Crippen molar-refractivity contribution in [1.82, 2.24) is 15.5 Å². The smallest absolute Gasteiger partial charge is 0.339 e. The van der Waals surface area contributed by atoms with Gasteiger partial charge in [0.1, 0.15) is 6.16 Å². The second-order valence-electron chi connectivity index (χ2n) is 4.62. The minimum absolute atomic E-state index is 0.242. The molecule has 124 valence electrons. The Bertz CT molecular complexity index is 350. The highest BCUT2D eigenvalue weighted by atomic mass is 31.2. The number of carbonyl (C=O) groups is 1. The molecule has 0 saturated carbocycles. The number of hydrogen-bond donors (Lipinski definition) is 2. The van der Waals surface area contributed by atoms with E-state index in [0.717, 1.165) is 26.2 Å². The molecule has 1 aliphatic heterocycles. The van der Waals surface area contributed by atoms with Gasteiger partial charge in [0.2, 0.25) is 5.91 Å². The lowest BCUT2D eigenvalue weighted by molar-refractivity contribution is -0.119. The first-order valence-electron chi connectivity index (χ1n) is 7.16. The van der Waals surface area contributed by atoms with E-state index in [1.807, 2.05) is 0 Å². The molecule has 0 spiro atoms. The summed E-state index contributed by atoms with van der Waals surface area (Å²) in [5, 5.41) is 5.91. The van der Waals surface area contributed by atoms with Gasteiger partial charge in [0.15, 0.2) is 0 Å². The summed E-state index contributed by atoms with van der Waals surface area (Å²) in [6, 6.07) is 0. The number of carbonyl (C=O) groups excluding carboxylic acids is 1. The van der Waals surface area contributed by atoms with Crippen LogP contribution in [0.5, 0.6) is 0 Å². The predicted molar refractivity (Wildman–Crippen MR) is 79.4 cm³/mol. The molecule has 1 saturated heterocycles. The molecule has 9 heteroatoms. The molecule has 0 bridgehead atoms. The van der Waals surface area contributed by atoms with Gasteiger partial charge in [-0.1, -0.05) is 0 Å². The minimum atomic E-state index is -3.30. The first-order chi connectivity index (χ1) is 10.1. The van der Waals surface area contributed by atoms with E-state index in [2.05, 4.69) is 15.5 Å². The van der Waals surface area contributed by atoms with Gasteiger partial charge >= 0.3 is 7.60 Å². The highest BCUT2D eigenvalue weighted by Gasteiger charge is 2.26. The second-order valence-corrected chi connectivity index (χ2v) is 6.79. The fourth-order valence-corrected chi connectivity index (χ4v) is 3.07. The van der Waals surface area contributed by atoms with E-state index in [1.54, 1.807) is 6.92 Å². The number of rotatable bonds is 10. The van der Waals surface area contributed by atoms with Crippen LogP contribution in [0.2, 0.25) is 0 Å². The SMILES string of the molecule is CCOP(=O)(CC(=O)NCCOCN1CCNCC1)OC. The number of piperazine rings is 1. The van der Waals surface area contributed by atoms with Crippen LogP contribution >= 0.6 is 7.60 Å². The standard InChI is InChI=1S/C12H26N3O5P/c1-3-20-21(17,18-2)10-12(16)14-6-9-19-11-15-7-4-13-5-8-15/h13H,3-11H2,1-2H3,(H,14,16). The molecule has 1 unspecified atom stereocenters. The van der Waals surface area contributed by atoms with E-state index in [1.165, 1.54) is 7.11 Å². The fourth-order valence-electron chi connectivity index (χ4n) is 1.89. The molecule has 2 N–H and O–H groups in total. The van der Waals surface area contributed by atoms with Gasteiger partial charge in [-0.15, -0.1) is 0 Å². The van der Waals surface area contributed by atoms with E-state index >= 15 is 0 Å². The molecule has 1 fully saturated rings. The van der Waals surface area contributed by atoms with Crippen LogP contribution in [0.3, 0.4) is 0 Å². The Morgan fingerprint density at radius 3 is 2.71 bits per heavy atom. The first kappa shape index (κ1) is 18.5. The number of amides is 1. The Balaban J connectivity index is 2.08. The lowest BCUT2D eigenvalue weighted by atomic mass is 10.4. The van der Waals surface area contributed by atoms with Crippen molar-refractivity contribution in [2.75, 3.05) is 65.9 Å². The molecule has 1 aliphatic rings. The van der Waals surface area contributed by atoms with Crippen molar-refractivity contribution >= 4 is 13.5 Å². The third kappa shape index (κ3) is 7.90. The molecule has 1 heterocycles. The van der Waals surface area contributed by atoms with E-state index in [0.29, 0.717) is 19.9 Å². The van der Waals surface area contributed by atoms with Crippen LogP contribution in [-0.4, -0.2) is 76.7 Å². The predicted octanol–water partition coefficient (Wildman–Crippen LogP) is -0.142. The molecule has 0 aromatic heterocycles. The topological polar surface area (TPSA) is 89.1 Å². The quantitative estimate of drug-likeness (QED) is 0.427. The van der Waals surface area contributed by atoms with E-state index in [9.17, 15) is 9.36 Å². The molecule has 21 heavy (non-hydrogen) atoms. The molecule has 1 atom stereocenters. The third-order valence-electron chi connectivity index (χ3n) is 2.99. The minimum Gasteiger partial charge on any atom is -0.364 e. The van der Waals surface area contributed by atoms with Crippen LogP contribution in [-0.2, 0) is 23.1 Å². The molecular formula is C12H26N3O5P. The maximum absolute atomic E-state index is 11.9. The monoisotopic (exact) mass is 323 g/mol. The zero-order chi connectivity index (χ0) is 15.6. The van der Waals surface area contributed by atoms with Crippen LogP contribution in [0.1, 0.15) is 6.92 Å². The third-order valence-corrected chi connectivity index (χ3v) is 4.88. The zero-order valence-electron chi connectivity index (χ0n) is 12.8. The number of hydrogen-bond acceptors (Lipinski definition) is 7. The summed E-state index contributed by atoms with van der Waals surface area (Å²) >= 11 is 0. The highest BCUT2D eigenvalue weighted by molar-refractivity contribution is 7.54. The molecule has 8 nitrogen and oxygen atoms in total. The average molecular weight is 323 g/mol. The number of nitrogens with one attached hydrogen (secondary N) is 2. The number of nitrogens with zero attached hydrogens (tertiary/aromatic N) is 1. The second kappa shape index (κ2) is 10.3. The summed E-state index contributed by atoms with van der Waals surface area (Å²) in [4.78, 5) is 13.8. The van der Waals surface area contributed by atoms with E-state index in [4.69, 9.17) is 13.8 Å². The molecule has 0 aliphatic carbocycles. The molecule has 0 radical (unpaired) electrons. The molecule has 1 rings (SSSR count). The van der Waals surface area contributed by atoms with Gasteiger partial charge in [0.25, 0.3) is 0 Å². The molecule has 0 aromatic carbocycles. The summed E-state index contributed by atoms with van der Waals surface area (Å²) in [6.07, 6.45) is -0.269. The van der Waals surface area contributed by atoms with Gasteiger partial charge in [-0.2, -0.15) is 0 Å². The Labute approximate surface area is 126 Å². The Morgan fingerprint density at radius 1 is 1.38 bits per heavy atom. The zero-order valence-corrected chi connectivity index (χ0v) is 13.7. The lowest BCUT2D eigenvalue weighted by Gasteiger charge is -2.26. The van der Waals surface area contributed by atoms with E-state index in [-0.39, 0.29) is 18.7 Å². The van der Waals surface area contributed by atoms with Crippen molar-refractivity contribution in [3.8, 4) is 0 Å². The summed E-state index contributed by atoms with van der Waals surface area (Å²) < 4.78 is 27.2. The largest absolute Gasteiger partial charge is 0.364 e. The Morgan fingerprint density at radius 2 is 2.10 bits per heavy atom. The lowest BCUT2D eigenvalue weighted by Crippen LogP contribution is -2.44. The van der Waals surface area contributed by atoms with Crippen LogP contribution in [0.4, 0.5) is 0 Å². The van der Waals surface area contributed by atoms with Crippen molar-refractivity contribution in [2.24, 2.45) is 0 Å². The summed E-state index contributed by atoms with van der Waals surface area (Å²) in [6.45, 7) is 7.19. The maximum atomic E-state index is 11.9. The van der Waals surface area contributed by atoms with E-state index < -0.39 is 7.60 Å². The number of ether oxygens (including phenoxy) is 1. The van der Waals surface area contributed by atoms with Crippen molar-refractivity contribution in [3.63, 3.8) is 0 Å². The van der Waals surface area contributed by atoms with Crippen molar-refractivity contribution < 1.29 is 23.1 Å². The summed E-state index contributed by atoms with van der Waals surface area (Å²) in [5.74, 6) is -0.362. The van der Waals surface area contributed by atoms with Crippen LogP contribution in [0, 0.1) is 0 Å². The van der Waals surface area contributed by atoms with Gasteiger partial charge in [-0.3, -0.25) is 14.3 Å². The van der Waals surface area contributed by atoms with Gasteiger partial charge in [0, 0.05) is 39.8 Å². The van der Waals surface area contributed by atoms with Gasteiger partial charge in [0.05, 0.1) is 19.9 Å². The maximum Gasteiger partial charge on any atom is 0.339 e. The van der Waals surface area contributed by atoms with Gasteiger partial charge < -0.3 is 24.4 Å². The van der Waals surface area contributed by atoms with Gasteiger partial charge in [-0.25, -0.2) is 0 Å². The van der Waals surface area contributed by atoms with Crippen molar-refractivity contribution in [3.05, 3.63) is 0 Å². The highest BCUT2D eigenvalue weighted by Crippen LogP contribution is 2.46. The van der Waals surface area contributed by atoms with Crippen LogP contribution < -0.4 is 10.6 Å². The fraction of sp³-hybridized carbons (Fsp3) is 0.917. The summed E-state index contributed by atoms with van der Waals surface area (Å²) in [5.41, 5.74) is 0. The van der Waals surface area contributed by atoms with Gasteiger partial charge in [-0.05, 0) is 6.92 Å². The molecule has 0 aromatic rings. The van der Waals surface area contributed by atoms with Crippen molar-refractivity contribution in [1.29, 1.82) is 0 Å². The normalized spacial score (nSPS) is 19.1. The Hall–Kier alpha value is -0.500. The summed E-state index contributed by atoms with van der Waals surface area (Å²) in [7, 11) is -2.02.